The highest BCUT2D eigenvalue weighted by Gasteiger charge is 2.19. The summed E-state index contributed by atoms with van der Waals surface area (Å²) in [7, 11) is 1.66. The van der Waals surface area contributed by atoms with E-state index in [1.165, 1.54) is 0 Å². The summed E-state index contributed by atoms with van der Waals surface area (Å²) in [6.07, 6.45) is 3.37. The Bertz CT molecular complexity index is 442. The van der Waals surface area contributed by atoms with E-state index in [0.717, 1.165) is 44.0 Å². The summed E-state index contributed by atoms with van der Waals surface area (Å²) in [4.78, 5) is 8.98. The van der Waals surface area contributed by atoms with Crippen LogP contribution in [-0.2, 0) is 16.1 Å². The molecule has 1 saturated heterocycles. The lowest BCUT2D eigenvalue weighted by Crippen LogP contribution is -2.32. The SMILES string of the molecule is CCCNc1cc(NC2CCOC(C)C2)nc(COC)n1. The normalized spacial score (nSPS) is 22.0. The van der Waals surface area contributed by atoms with Gasteiger partial charge < -0.3 is 20.1 Å². The van der Waals surface area contributed by atoms with Crippen LogP contribution in [0.1, 0.15) is 38.9 Å². The van der Waals surface area contributed by atoms with Crippen LogP contribution in [0, 0.1) is 0 Å². The first kappa shape index (κ1) is 16.0. The molecule has 0 bridgehead atoms. The van der Waals surface area contributed by atoms with E-state index in [1.54, 1.807) is 7.11 Å². The van der Waals surface area contributed by atoms with Gasteiger partial charge in [-0.15, -0.1) is 0 Å². The van der Waals surface area contributed by atoms with Gasteiger partial charge in [0.1, 0.15) is 18.2 Å². The zero-order valence-electron chi connectivity index (χ0n) is 13.2. The molecule has 6 nitrogen and oxygen atoms in total. The van der Waals surface area contributed by atoms with Gasteiger partial charge in [-0.05, 0) is 26.2 Å². The molecular weight excluding hydrogens is 268 g/mol. The topological polar surface area (TPSA) is 68.3 Å². The molecule has 0 spiro atoms. The first-order valence-corrected chi connectivity index (χ1v) is 7.70. The largest absolute Gasteiger partial charge is 0.378 e. The maximum absolute atomic E-state index is 5.58. The van der Waals surface area contributed by atoms with Crippen LogP contribution in [0.2, 0.25) is 0 Å². The van der Waals surface area contributed by atoms with Gasteiger partial charge >= 0.3 is 0 Å². The van der Waals surface area contributed by atoms with Crippen LogP contribution >= 0.6 is 0 Å². The van der Waals surface area contributed by atoms with Crippen molar-refractivity contribution in [2.75, 3.05) is 30.9 Å². The molecule has 2 atom stereocenters. The Morgan fingerprint density at radius 2 is 2.19 bits per heavy atom. The fourth-order valence-corrected chi connectivity index (χ4v) is 2.45. The maximum atomic E-state index is 5.58. The van der Waals surface area contributed by atoms with Crippen molar-refractivity contribution in [2.24, 2.45) is 0 Å². The van der Waals surface area contributed by atoms with Gasteiger partial charge in [-0.25, -0.2) is 9.97 Å². The minimum Gasteiger partial charge on any atom is -0.378 e. The van der Waals surface area contributed by atoms with Crippen LogP contribution in [0.25, 0.3) is 0 Å². The van der Waals surface area contributed by atoms with Crippen LogP contribution in [0.5, 0.6) is 0 Å². The first-order valence-electron chi connectivity index (χ1n) is 7.70. The van der Waals surface area contributed by atoms with Gasteiger partial charge in [-0.2, -0.15) is 0 Å². The summed E-state index contributed by atoms with van der Waals surface area (Å²) in [5.74, 6) is 2.40. The molecule has 1 aromatic rings. The highest BCUT2D eigenvalue weighted by molar-refractivity contribution is 5.48. The molecular formula is C15H26N4O2. The van der Waals surface area contributed by atoms with E-state index in [-0.39, 0.29) is 0 Å². The van der Waals surface area contributed by atoms with E-state index >= 15 is 0 Å². The molecule has 1 aliphatic heterocycles. The summed E-state index contributed by atoms with van der Waals surface area (Å²) in [6.45, 7) is 6.36. The summed E-state index contributed by atoms with van der Waals surface area (Å²) in [5.41, 5.74) is 0. The van der Waals surface area contributed by atoms with Crippen molar-refractivity contribution in [1.82, 2.24) is 9.97 Å². The molecule has 2 N–H and O–H groups in total. The number of anilines is 2. The molecule has 0 aromatic carbocycles. The molecule has 0 saturated carbocycles. The second-order valence-electron chi connectivity index (χ2n) is 5.46. The van der Waals surface area contributed by atoms with Crippen molar-refractivity contribution < 1.29 is 9.47 Å². The van der Waals surface area contributed by atoms with Gasteiger partial charge in [-0.1, -0.05) is 6.92 Å². The Kier molecular flexibility index (Phi) is 6.20. The van der Waals surface area contributed by atoms with Crippen LogP contribution in [-0.4, -0.2) is 42.4 Å². The Labute approximate surface area is 126 Å². The van der Waals surface area contributed by atoms with Crippen molar-refractivity contribution in [1.29, 1.82) is 0 Å². The lowest BCUT2D eigenvalue weighted by atomic mass is 10.0. The molecule has 21 heavy (non-hydrogen) atoms. The van der Waals surface area contributed by atoms with Crippen molar-refractivity contribution in [3.8, 4) is 0 Å². The molecule has 2 rings (SSSR count). The Morgan fingerprint density at radius 3 is 2.90 bits per heavy atom. The molecule has 0 aliphatic carbocycles. The van der Waals surface area contributed by atoms with Crippen LogP contribution in [0.4, 0.5) is 11.6 Å². The van der Waals surface area contributed by atoms with Gasteiger partial charge in [0, 0.05) is 32.4 Å². The lowest BCUT2D eigenvalue weighted by Gasteiger charge is -2.28. The molecule has 118 valence electrons. The average molecular weight is 294 g/mol. The Hall–Kier alpha value is -1.40. The highest BCUT2D eigenvalue weighted by Crippen LogP contribution is 2.19. The fraction of sp³-hybridized carbons (Fsp3) is 0.733. The third kappa shape index (κ3) is 5.13. The van der Waals surface area contributed by atoms with Gasteiger partial charge in [0.25, 0.3) is 0 Å². The quantitative estimate of drug-likeness (QED) is 0.805. The zero-order chi connectivity index (χ0) is 15.1. The van der Waals surface area contributed by atoms with Gasteiger partial charge in [0.15, 0.2) is 5.82 Å². The predicted octanol–water partition coefficient (Wildman–Crippen LogP) is 2.42. The average Bonchev–Trinajstić information content (AvgIpc) is 2.45. The van der Waals surface area contributed by atoms with Gasteiger partial charge in [-0.3, -0.25) is 0 Å². The second kappa shape index (κ2) is 8.14. The smallest absolute Gasteiger partial charge is 0.158 e. The number of hydrogen-bond donors (Lipinski definition) is 2. The maximum Gasteiger partial charge on any atom is 0.158 e. The van der Waals surface area contributed by atoms with E-state index in [2.05, 4.69) is 34.4 Å². The molecule has 1 aromatic heterocycles. The third-order valence-corrected chi connectivity index (χ3v) is 3.44. The standard InChI is InChI=1S/C15H26N4O2/c1-4-6-16-13-9-14(19-15(18-13)10-20-3)17-12-5-7-21-11(2)8-12/h9,11-12H,4-8,10H2,1-3H3,(H2,16,17,18,19). The minimum atomic E-state index is 0.300. The van der Waals surface area contributed by atoms with E-state index in [9.17, 15) is 0 Å². The molecule has 2 unspecified atom stereocenters. The van der Waals surface area contributed by atoms with E-state index in [1.807, 2.05) is 6.07 Å². The molecule has 0 amide bonds. The number of rotatable bonds is 7. The number of nitrogens with one attached hydrogen (secondary N) is 2. The van der Waals surface area contributed by atoms with Gasteiger partial charge in [0.2, 0.25) is 0 Å². The summed E-state index contributed by atoms with van der Waals surface area (Å²) in [6, 6.07) is 2.37. The zero-order valence-corrected chi connectivity index (χ0v) is 13.2. The minimum absolute atomic E-state index is 0.300. The number of hydrogen-bond acceptors (Lipinski definition) is 6. The molecule has 0 radical (unpaired) electrons. The summed E-state index contributed by atoms with van der Waals surface area (Å²) < 4.78 is 10.7. The molecule has 1 aliphatic rings. The number of nitrogens with zero attached hydrogens (tertiary/aromatic N) is 2. The lowest BCUT2D eigenvalue weighted by molar-refractivity contribution is 0.0231. The summed E-state index contributed by atoms with van der Waals surface area (Å²) in [5, 5.41) is 6.81. The van der Waals surface area contributed by atoms with Crippen LogP contribution in [0.3, 0.4) is 0 Å². The Balaban J connectivity index is 2.06. The molecule has 6 heteroatoms. The third-order valence-electron chi connectivity index (χ3n) is 3.44. The number of methoxy groups -OCH3 is 1. The second-order valence-corrected chi connectivity index (χ2v) is 5.46. The van der Waals surface area contributed by atoms with E-state index < -0.39 is 0 Å². The van der Waals surface area contributed by atoms with Crippen LogP contribution < -0.4 is 10.6 Å². The predicted molar refractivity (Wildman–Crippen MR) is 83.6 cm³/mol. The number of aromatic nitrogens is 2. The van der Waals surface area contributed by atoms with Crippen molar-refractivity contribution >= 4 is 11.6 Å². The number of ether oxygens (including phenoxy) is 2. The van der Waals surface area contributed by atoms with E-state index in [0.29, 0.717) is 24.6 Å². The van der Waals surface area contributed by atoms with E-state index in [4.69, 9.17) is 9.47 Å². The Morgan fingerprint density at radius 1 is 1.38 bits per heavy atom. The van der Waals surface area contributed by atoms with Crippen LogP contribution in [0.15, 0.2) is 6.07 Å². The van der Waals surface area contributed by atoms with Gasteiger partial charge in [0.05, 0.1) is 6.10 Å². The monoisotopic (exact) mass is 294 g/mol. The first-order chi connectivity index (χ1) is 10.2. The van der Waals surface area contributed by atoms with Crippen molar-refractivity contribution in [3.63, 3.8) is 0 Å². The fourth-order valence-electron chi connectivity index (χ4n) is 2.45. The molecule has 2 heterocycles. The molecule has 1 fully saturated rings. The van der Waals surface area contributed by atoms with Crippen molar-refractivity contribution in [2.45, 2.75) is 51.9 Å². The highest BCUT2D eigenvalue weighted by atomic mass is 16.5. The van der Waals surface area contributed by atoms with Crippen molar-refractivity contribution in [3.05, 3.63) is 11.9 Å². The summed E-state index contributed by atoms with van der Waals surface area (Å²) >= 11 is 0.